The molecule has 5 rings (SSSR count). The first kappa shape index (κ1) is 25.6. The standard InChI is InChI=1S/C29H28ClN3O5/c1-37-25-12-17(8-11-24(25)34)15-33-16-20(14-23(33)29(36)38-2)31-28(35)27-26(18-6-4-3-5-7-18)21-13-19(30)9-10-22(21)32-27/h3-13,20,23,32,34H,14-16H2,1-2H3,(H,31,35)/t20-,23-/m0/s1. The van der Waals surface area contributed by atoms with Crippen molar-refractivity contribution in [1.82, 2.24) is 15.2 Å². The van der Waals surface area contributed by atoms with Crippen LogP contribution in [0.1, 0.15) is 22.5 Å². The average Bonchev–Trinajstić information content (AvgIpc) is 3.50. The Hall–Kier alpha value is -4.01. The van der Waals surface area contributed by atoms with E-state index in [9.17, 15) is 14.7 Å². The van der Waals surface area contributed by atoms with Crippen molar-refractivity contribution in [3.63, 3.8) is 0 Å². The number of hydrogen-bond acceptors (Lipinski definition) is 6. The molecule has 1 aromatic heterocycles. The lowest BCUT2D eigenvalue weighted by Gasteiger charge is -2.22. The largest absolute Gasteiger partial charge is 0.504 e. The number of aromatic nitrogens is 1. The first-order valence-electron chi connectivity index (χ1n) is 12.2. The lowest BCUT2D eigenvalue weighted by Crippen LogP contribution is -2.38. The number of aromatic hydroxyl groups is 1. The Kier molecular flexibility index (Phi) is 7.26. The lowest BCUT2D eigenvalue weighted by molar-refractivity contribution is -0.146. The van der Waals surface area contributed by atoms with Crippen LogP contribution in [0.3, 0.4) is 0 Å². The van der Waals surface area contributed by atoms with Gasteiger partial charge in [0.1, 0.15) is 11.7 Å². The number of nitrogens with zero attached hydrogens (tertiary/aromatic N) is 1. The molecule has 38 heavy (non-hydrogen) atoms. The van der Waals surface area contributed by atoms with Crippen LogP contribution in [0, 0.1) is 0 Å². The Bertz CT molecular complexity index is 1490. The van der Waals surface area contributed by atoms with Gasteiger partial charge in [-0.15, -0.1) is 0 Å². The van der Waals surface area contributed by atoms with E-state index in [1.807, 2.05) is 47.4 Å². The third-order valence-electron chi connectivity index (χ3n) is 6.89. The van der Waals surface area contributed by atoms with E-state index in [0.717, 1.165) is 27.6 Å². The quantitative estimate of drug-likeness (QED) is 0.296. The molecule has 2 heterocycles. The maximum Gasteiger partial charge on any atom is 0.323 e. The van der Waals surface area contributed by atoms with Crippen LogP contribution in [0.15, 0.2) is 66.7 Å². The second-order valence-electron chi connectivity index (χ2n) is 9.31. The summed E-state index contributed by atoms with van der Waals surface area (Å²) >= 11 is 6.29. The number of esters is 1. The number of amides is 1. The molecule has 9 heteroatoms. The van der Waals surface area contributed by atoms with Crippen LogP contribution in [0.25, 0.3) is 22.0 Å². The van der Waals surface area contributed by atoms with Gasteiger partial charge >= 0.3 is 5.97 Å². The summed E-state index contributed by atoms with van der Waals surface area (Å²) in [6.45, 7) is 0.865. The molecule has 0 spiro atoms. The van der Waals surface area contributed by atoms with E-state index in [4.69, 9.17) is 21.1 Å². The van der Waals surface area contributed by atoms with Crippen LogP contribution in [0.5, 0.6) is 11.5 Å². The number of ether oxygens (including phenoxy) is 2. The van der Waals surface area contributed by atoms with Gasteiger partial charge in [0.15, 0.2) is 11.5 Å². The van der Waals surface area contributed by atoms with E-state index in [0.29, 0.717) is 36.0 Å². The summed E-state index contributed by atoms with van der Waals surface area (Å²) in [7, 11) is 2.84. The summed E-state index contributed by atoms with van der Waals surface area (Å²) in [5.41, 5.74) is 3.77. The van der Waals surface area contributed by atoms with Crippen LogP contribution in [0.4, 0.5) is 0 Å². The Balaban J connectivity index is 1.41. The number of rotatable bonds is 7. The fourth-order valence-electron chi connectivity index (χ4n) is 5.12. The van der Waals surface area contributed by atoms with Crippen molar-refractivity contribution in [2.24, 2.45) is 0 Å². The second kappa shape index (κ2) is 10.8. The molecule has 3 N–H and O–H groups in total. The Morgan fingerprint density at radius 2 is 1.89 bits per heavy atom. The SMILES string of the molecule is COC(=O)[C@@H]1C[C@H](NC(=O)c2[nH]c3ccc(Cl)cc3c2-c2ccccc2)CN1Cc1ccc(O)c(OC)c1. The van der Waals surface area contributed by atoms with Gasteiger partial charge in [0.05, 0.1) is 14.2 Å². The highest BCUT2D eigenvalue weighted by Gasteiger charge is 2.38. The molecule has 0 radical (unpaired) electrons. The van der Waals surface area contributed by atoms with Gasteiger partial charge in [0.2, 0.25) is 0 Å². The maximum atomic E-state index is 13.6. The van der Waals surface area contributed by atoms with Gasteiger partial charge in [0, 0.05) is 40.6 Å². The number of carbonyl (C=O) groups is 2. The molecule has 1 aliphatic heterocycles. The summed E-state index contributed by atoms with van der Waals surface area (Å²) in [6.07, 6.45) is 0.403. The number of carbonyl (C=O) groups excluding carboxylic acids is 2. The topological polar surface area (TPSA) is 104 Å². The van der Waals surface area contributed by atoms with Gasteiger partial charge in [-0.2, -0.15) is 0 Å². The molecule has 8 nitrogen and oxygen atoms in total. The summed E-state index contributed by atoms with van der Waals surface area (Å²) in [6, 6.07) is 19.4. The first-order valence-corrected chi connectivity index (χ1v) is 12.6. The molecule has 1 saturated heterocycles. The van der Waals surface area contributed by atoms with Crippen LogP contribution < -0.4 is 10.1 Å². The number of hydrogen-bond donors (Lipinski definition) is 3. The summed E-state index contributed by atoms with van der Waals surface area (Å²) in [4.78, 5) is 31.5. The van der Waals surface area contributed by atoms with Gasteiger partial charge in [-0.25, -0.2) is 0 Å². The molecule has 196 valence electrons. The molecule has 1 fully saturated rings. The van der Waals surface area contributed by atoms with Crippen molar-refractivity contribution in [2.45, 2.75) is 25.0 Å². The highest BCUT2D eigenvalue weighted by Crippen LogP contribution is 2.34. The number of phenolic OH excluding ortho intramolecular Hbond substituents is 1. The highest BCUT2D eigenvalue weighted by atomic mass is 35.5. The van der Waals surface area contributed by atoms with E-state index in [1.165, 1.54) is 14.2 Å². The monoisotopic (exact) mass is 533 g/mol. The number of benzene rings is 3. The summed E-state index contributed by atoms with van der Waals surface area (Å²) in [5.74, 6) is -0.231. The molecule has 0 saturated carbocycles. The number of aromatic amines is 1. The molecule has 4 aromatic rings. The van der Waals surface area contributed by atoms with Crippen LogP contribution >= 0.6 is 11.6 Å². The van der Waals surface area contributed by atoms with Crippen LogP contribution in [0.2, 0.25) is 5.02 Å². The number of nitrogens with one attached hydrogen (secondary N) is 2. The minimum atomic E-state index is -0.528. The molecule has 0 unspecified atom stereocenters. The lowest BCUT2D eigenvalue weighted by atomic mass is 10.0. The van der Waals surface area contributed by atoms with E-state index < -0.39 is 6.04 Å². The second-order valence-corrected chi connectivity index (χ2v) is 9.75. The zero-order valence-electron chi connectivity index (χ0n) is 21.0. The molecule has 0 aliphatic carbocycles. The zero-order valence-corrected chi connectivity index (χ0v) is 21.8. The molecule has 1 aliphatic rings. The highest BCUT2D eigenvalue weighted by molar-refractivity contribution is 6.31. The smallest absolute Gasteiger partial charge is 0.323 e. The molecule has 2 atom stereocenters. The van der Waals surface area contributed by atoms with E-state index in [1.54, 1.807) is 24.3 Å². The fourth-order valence-corrected chi connectivity index (χ4v) is 5.29. The van der Waals surface area contributed by atoms with Gasteiger partial charge in [0.25, 0.3) is 5.91 Å². The van der Waals surface area contributed by atoms with Gasteiger partial charge < -0.3 is 24.9 Å². The first-order chi connectivity index (χ1) is 18.4. The number of likely N-dealkylation sites (tertiary alicyclic amines) is 1. The van der Waals surface area contributed by atoms with Crippen molar-refractivity contribution in [2.75, 3.05) is 20.8 Å². The number of fused-ring (bicyclic) bond motifs is 1. The minimum Gasteiger partial charge on any atom is -0.504 e. The van der Waals surface area contributed by atoms with Crippen LogP contribution in [-0.2, 0) is 16.1 Å². The fraction of sp³-hybridized carbons (Fsp3) is 0.241. The van der Waals surface area contributed by atoms with E-state index >= 15 is 0 Å². The van der Waals surface area contributed by atoms with Gasteiger partial charge in [-0.05, 0) is 47.9 Å². The molecule has 3 aromatic carbocycles. The third kappa shape index (κ3) is 5.05. The molecule has 1 amide bonds. The van der Waals surface area contributed by atoms with Crippen LogP contribution in [-0.4, -0.2) is 59.7 Å². The minimum absolute atomic E-state index is 0.0428. The zero-order chi connectivity index (χ0) is 26.8. The van der Waals surface area contributed by atoms with E-state index in [2.05, 4.69) is 10.3 Å². The Labute approximate surface area is 225 Å². The number of phenols is 1. The van der Waals surface area contributed by atoms with Crippen molar-refractivity contribution in [1.29, 1.82) is 0 Å². The van der Waals surface area contributed by atoms with Crippen molar-refractivity contribution in [3.05, 3.63) is 83.0 Å². The van der Waals surface area contributed by atoms with Crippen molar-refractivity contribution in [3.8, 4) is 22.6 Å². The van der Waals surface area contributed by atoms with E-state index in [-0.39, 0.29) is 23.7 Å². The molecular weight excluding hydrogens is 506 g/mol. The van der Waals surface area contributed by atoms with Gasteiger partial charge in [-0.1, -0.05) is 48.0 Å². The number of halogens is 1. The van der Waals surface area contributed by atoms with Gasteiger partial charge in [-0.3, -0.25) is 14.5 Å². The number of H-pyrrole nitrogens is 1. The summed E-state index contributed by atoms with van der Waals surface area (Å²) < 4.78 is 10.3. The summed E-state index contributed by atoms with van der Waals surface area (Å²) in [5, 5.41) is 14.5. The van der Waals surface area contributed by atoms with Crippen molar-refractivity contribution < 1.29 is 24.2 Å². The Morgan fingerprint density at radius 1 is 1.11 bits per heavy atom. The predicted octanol–water partition coefficient (Wildman–Crippen LogP) is 4.75. The maximum absolute atomic E-state index is 13.6. The normalized spacial score (nSPS) is 17.4. The predicted molar refractivity (Wildman–Crippen MR) is 145 cm³/mol. The number of methoxy groups -OCH3 is 2. The molecular formula is C29H28ClN3O5. The average molecular weight is 534 g/mol. The Morgan fingerprint density at radius 3 is 2.63 bits per heavy atom. The third-order valence-corrected chi connectivity index (χ3v) is 7.13. The molecule has 0 bridgehead atoms. The van der Waals surface area contributed by atoms with Crippen molar-refractivity contribution >= 4 is 34.4 Å².